The fourth-order valence-electron chi connectivity index (χ4n) is 3.85. The Labute approximate surface area is 189 Å². The maximum Gasteiger partial charge on any atom is 0.277 e. The largest absolute Gasteiger partial charge is 0.381 e. The van der Waals surface area contributed by atoms with Gasteiger partial charge in [0.05, 0.1) is 26.0 Å². The first-order valence-corrected chi connectivity index (χ1v) is 11.1. The standard InChI is InChI=1S/C27H29N3O2/c1-2-3-16-30-26(24-13-11-22(12-14-24)17-23-19-32-20-23)29-18-25(27(30)31)28-15-7-10-21-8-5-4-6-9-21/h3-6,8-9,11-14,18,23,28H,1,7,10,15-17,19-20H2. The second-order valence-corrected chi connectivity index (χ2v) is 8.14. The third-order valence-corrected chi connectivity index (χ3v) is 5.71. The van der Waals surface area contributed by atoms with Crippen molar-refractivity contribution in [3.63, 3.8) is 0 Å². The third kappa shape index (κ3) is 5.44. The summed E-state index contributed by atoms with van der Waals surface area (Å²) in [6.07, 6.45) is 6.31. The van der Waals surface area contributed by atoms with Gasteiger partial charge in [-0.2, -0.15) is 0 Å². The Kier molecular flexibility index (Phi) is 7.34. The van der Waals surface area contributed by atoms with E-state index in [0.717, 1.165) is 38.0 Å². The van der Waals surface area contributed by atoms with E-state index in [1.165, 1.54) is 11.1 Å². The van der Waals surface area contributed by atoms with Crippen molar-refractivity contribution >= 4 is 5.69 Å². The molecule has 0 radical (unpaired) electrons. The Morgan fingerprint density at radius 1 is 1.12 bits per heavy atom. The summed E-state index contributed by atoms with van der Waals surface area (Å²) in [5, 5.41) is 3.26. The van der Waals surface area contributed by atoms with Gasteiger partial charge in [0.2, 0.25) is 0 Å². The van der Waals surface area contributed by atoms with E-state index in [2.05, 4.69) is 46.9 Å². The second kappa shape index (κ2) is 10.8. The number of aryl methyl sites for hydroxylation is 1. The van der Waals surface area contributed by atoms with Gasteiger partial charge in [0, 0.05) is 18.0 Å². The fourth-order valence-corrected chi connectivity index (χ4v) is 3.85. The van der Waals surface area contributed by atoms with E-state index in [1.54, 1.807) is 16.8 Å². The molecule has 4 rings (SSSR count). The van der Waals surface area contributed by atoms with Crippen LogP contribution in [0.2, 0.25) is 0 Å². The molecule has 0 aliphatic carbocycles. The molecule has 3 aromatic rings. The first-order valence-electron chi connectivity index (χ1n) is 11.1. The molecule has 5 nitrogen and oxygen atoms in total. The highest BCUT2D eigenvalue weighted by Gasteiger charge is 2.18. The van der Waals surface area contributed by atoms with Crippen molar-refractivity contribution in [3.05, 3.63) is 101 Å². The smallest absolute Gasteiger partial charge is 0.277 e. The highest BCUT2D eigenvalue weighted by molar-refractivity contribution is 5.57. The van der Waals surface area contributed by atoms with Crippen LogP contribution < -0.4 is 10.9 Å². The highest BCUT2D eigenvalue weighted by Crippen LogP contribution is 2.21. The van der Waals surface area contributed by atoms with Crippen molar-refractivity contribution in [3.8, 4) is 11.4 Å². The lowest BCUT2D eigenvalue weighted by molar-refractivity contribution is -0.0312. The topological polar surface area (TPSA) is 56.1 Å². The molecule has 1 aliphatic heterocycles. The summed E-state index contributed by atoms with van der Waals surface area (Å²) in [5.41, 5.74) is 6.68. The molecule has 164 valence electrons. The lowest BCUT2D eigenvalue weighted by atomic mass is 9.97. The van der Waals surface area contributed by atoms with E-state index in [1.807, 2.05) is 30.3 Å². The van der Waals surface area contributed by atoms with Gasteiger partial charge in [-0.05, 0) is 36.5 Å². The van der Waals surface area contributed by atoms with Crippen LogP contribution in [0.15, 0.2) is 84.0 Å². The van der Waals surface area contributed by atoms with E-state index >= 15 is 0 Å². The first-order chi connectivity index (χ1) is 15.7. The van der Waals surface area contributed by atoms with Crippen molar-refractivity contribution in [2.24, 2.45) is 5.92 Å². The highest BCUT2D eigenvalue weighted by atomic mass is 16.5. The van der Waals surface area contributed by atoms with Crippen molar-refractivity contribution < 1.29 is 4.74 Å². The predicted molar refractivity (Wildman–Crippen MR) is 129 cm³/mol. The van der Waals surface area contributed by atoms with Crippen LogP contribution in [-0.2, 0) is 24.1 Å². The van der Waals surface area contributed by atoms with Crippen molar-refractivity contribution in [1.29, 1.82) is 0 Å². The molecule has 2 aromatic carbocycles. The molecule has 1 saturated heterocycles. The summed E-state index contributed by atoms with van der Waals surface area (Å²) in [6.45, 7) is 6.41. The molecular weight excluding hydrogens is 398 g/mol. The average Bonchev–Trinajstić information content (AvgIpc) is 2.80. The van der Waals surface area contributed by atoms with Gasteiger partial charge in [-0.25, -0.2) is 4.98 Å². The normalized spacial score (nSPS) is 13.2. The minimum absolute atomic E-state index is 0.0862. The number of ether oxygens (including phenoxy) is 1. The first kappa shape index (κ1) is 21.8. The van der Waals surface area contributed by atoms with Crippen LogP contribution in [0.1, 0.15) is 17.5 Å². The number of anilines is 1. The van der Waals surface area contributed by atoms with Crippen LogP contribution in [0.4, 0.5) is 5.69 Å². The zero-order chi connectivity index (χ0) is 22.2. The third-order valence-electron chi connectivity index (χ3n) is 5.71. The van der Waals surface area contributed by atoms with Crippen LogP contribution in [0.3, 0.4) is 0 Å². The van der Waals surface area contributed by atoms with E-state index < -0.39 is 0 Å². The number of hydrogen-bond donors (Lipinski definition) is 1. The van der Waals surface area contributed by atoms with Gasteiger partial charge in [-0.15, -0.1) is 5.73 Å². The van der Waals surface area contributed by atoms with E-state index in [9.17, 15) is 4.79 Å². The number of rotatable bonds is 10. The summed E-state index contributed by atoms with van der Waals surface area (Å²) < 4.78 is 6.94. The number of nitrogens with one attached hydrogen (secondary N) is 1. The van der Waals surface area contributed by atoms with Crippen molar-refractivity contribution in [2.45, 2.75) is 25.8 Å². The Morgan fingerprint density at radius 3 is 2.59 bits per heavy atom. The minimum atomic E-state index is -0.0862. The minimum Gasteiger partial charge on any atom is -0.381 e. The van der Waals surface area contributed by atoms with Gasteiger partial charge in [0.25, 0.3) is 5.56 Å². The Bertz CT molecular complexity index is 1130. The average molecular weight is 428 g/mol. The molecule has 1 fully saturated rings. The van der Waals surface area contributed by atoms with Gasteiger partial charge in [-0.1, -0.05) is 61.2 Å². The van der Waals surface area contributed by atoms with Gasteiger partial charge < -0.3 is 10.1 Å². The fraction of sp³-hybridized carbons (Fsp3) is 0.296. The van der Waals surface area contributed by atoms with Crippen LogP contribution in [0, 0.1) is 5.92 Å². The molecule has 1 aliphatic rings. The zero-order valence-electron chi connectivity index (χ0n) is 18.3. The molecule has 2 heterocycles. The molecule has 0 amide bonds. The van der Waals surface area contributed by atoms with Gasteiger partial charge in [-0.3, -0.25) is 9.36 Å². The summed E-state index contributed by atoms with van der Waals surface area (Å²) in [5.74, 6) is 1.26. The maximum atomic E-state index is 13.2. The number of benzene rings is 2. The molecule has 0 saturated carbocycles. The van der Waals surface area contributed by atoms with Gasteiger partial charge in [0.1, 0.15) is 11.5 Å². The van der Waals surface area contributed by atoms with Crippen LogP contribution in [0.25, 0.3) is 11.4 Å². The summed E-state index contributed by atoms with van der Waals surface area (Å²) >= 11 is 0. The summed E-state index contributed by atoms with van der Waals surface area (Å²) in [6, 6.07) is 18.7. The molecule has 5 heteroatoms. The maximum absolute atomic E-state index is 13.2. The van der Waals surface area contributed by atoms with Gasteiger partial charge >= 0.3 is 0 Å². The predicted octanol–water partition coefficient (Wildman–Crippen LogP) is 4.49. The van der Waals surface area contributed by atoms with E-state index in [4.69, 9.17) is 4.74 Å². The van der Waals surface area contributed by atoms with Crippen LogP contribution in [-0.4, -0.2) is 29.3 Å². The van der Waals surface area contributed by atoms with Crippen molar-refractivity contribution in [2.75, 3.05) is 25.1 Å². The van der Waals surface area contributed by atoms with Crippen LogP contribution >= 0.6 is 0 Å². The van der Waals surface area contributed by atoms with Gasteiger partial charge in [0.15, 0.2) is 0 Å². The molecule has 1 N–H and O–H groups in total. The Balaban J connectivity index is 1.48. The lowest BCUT2D eigenvalue weighted by Crippen LogP contribution is -2.29. The molecule has 0 bridgehead atoms. The van der Waals surface area contributed by atoms with Crippen molar-refractivity contribution in [1.82, 2.24) is 9.55 Å². The molecule has 0 unspecified atom stereocenters. The quantitative estimate of drug-likeness (QED) is 0.383. The zero-order valence-corrected chi connectivity index (χ0v) is 18.3. The van der Waals surface area contributed by atoms with E-state index in [0.29, 0.717) is 30.5 Å². The number of aromatic nitrogens is 2. The second-order valence-electron chi connectivity index (χ2n) is 8.14. The summed E-state index contributed by atoms with van der Waals surface area (Å²) in [7, 11) is 0. The molecule has 1 aromatic heterocycles. The van der Waals surface area contributed by atoms with Crippen LogP contribution in [0.5, 0.6) is 0 Å². The SMILES string of the molecule is C=C=CCn1c(-c2ccc(CC3COC3)cc2)ncc(NCCCc2ccccc2)c1=O. The molecule has 0 spiro atoms. The van der Waals surface area contributed by atoms with E-state index in [-0.39, 0.29) is 5.56 Å². The Hall–Kier alpha value is -3.40. The number of hydrogen-bond acceptors (Lipinski definition) is 4. The monoisotopic (exact) mass is 427 g/mol. The lowest BCUT2D eigenvalue weighted by Gasteiger charge is -2.25. The summed E-state index contributed by atoms with van der Waals surface area (Å²) in [4.78, 5) is 17.8. The molecule has 32 heavy (non-hydrogen) atoms. The molecular formula is C27H29N3O2. The molecule has 0 atom stereocenters. The number of nitrogens with zero attached hydrogens (tertiary/aromatic N) is 2. The Morgan fingerprint density at radius 2 is 1.91 bits per heavy atom. The number of allylic oxidation sites excluding steroid dienone is 1.